The van der Waals surface area contributed by atoms with Gasteiger partial charge in [-0.15, -0.1) is 0 Å². The van der Waals surface area contributed by atoms with Crippen LogP contribution in [0.2, 0.25) is 0 Å². The number of hydrogen-bond donors (Lipinski definition) is 1. The highest BCUT2D eigenvalue weighted by molar-refractivity contribution is 7.17. The second kappa shape index (κ2) is 12.0. The zero-order chi connectivity index (χ0) is 13.1. The Morgan fingerprint density at radius 3 is 2.00 bits per heavy atom. The van der Waals surface area contributed by atoms with E-state index in [1.54, 1.807) is 0 Å². The Hall–Kier alpha value is -1.06. The van der Waals surface area contributed by atoms with Crippen LogP contribution in [0.15, 0.2) is 47.6 Å². The summed E-state index contributed by atoms with van der Waals surface area (Å²) in [4.78, 5) is 0. The van der Waals surface area contributed by atoms with Gasteiger partial charge < -0.3 is 10.6 Å². The molecule has 0 aliphatic heterocycles. The van der Waals surface area contributed by atoms with Crippen molar-refractivity contribution in [2.24, 2.45) is 0 Å². The van der Waals surface area contributed by atoms with Gasteiger partial charge in [-0.1, -0.05) is 36.5 Å². The quantitative estimate of drug-likeness (QED) is 0.806. The number of aliphatic hydroxyl groups is 1. The average molecular weight is 284 g/mol. The predicted molar refractivity (Wildman–Crippen MR) is 77.2 cm³/mol. The van der Waals surface area contributed by atoms with Gasteiger partial charge in [-0.25, -0.2) is 4.57 Å². The van der Waals surface area contributed by atoms with Crippen LogP contribution in [0.25, 0.3) is 0 Å². The number of allylic oxidation sites excluding steroid dienone is 4. The molecule has 0 heterocycles. The normalized spacial score (nSPS) is 16.9. The van der Waals surface area contributed by atoms with E-state index in [4.69, 9.17) is 5.11 Å². The Morgan fingerprint density at radius 1 is 1.05 bits per heavy atom. The molecular weight excluding hydrogens is 263 g/mol. The van der Waals surface area contributed by atoms with Crippen molar-refractivity contribution in [3.63, 3.8) is 0 Å². The van der Waals surface area contributed by atoms with E-state index in [-0.39, 0.29) is 20.8 Å². The molecule has 0 aromatic heterocycles. The molecule has 19 heavy (non-hydrogen) atoms. The molecular formula is C14H21O4P. The monoisotopic (exact) mass is 284 g/mol. The van der Waals surface area contributed by atoms with Crippen molar-refractivity contribution in [1.29, 1.82) is 0 Å². The summed E-state index contributed by atoms with van der Waals surface area (Å²) in [6.45, 7) is 0.651. The third-order valence-electron chi connectivity index (χ3n) is 2.61. The maximum absolute atomic E-state index is 9.87. The Kier molecular flexibility index (Phi) is 11.3. The van der Waals surface area contributed by atoms with Crippen molar-refractivity contribution in [1.82, 2.24) is 0 Å². The SMILES string of the molecule is O.O=POCC1=CCCC=C1.OCC1=CCCC=C1. The van der Waals surface area contributed by atoms with E-state index in [0.717, 1.165) is 36.8 Å². The third-order valence-corrected chi connectivity index (χ3v) is 2.84. The van der Waals surface area contributed by atoms with Crippen LogP contribution in [0.1, 0.15) is 25.7 Å². The largest absolute Gasteiger partial charge is 0.412 e. The van der Waals surface area contributed by atoms with Crippen LogP contribution in [0.3, 0.4) is 0 Å². The van der Waals surface area contributed by atoms with E-state index in [0.29, 0.717) is 6.61 Å². The Labute approximate surface area is 115 Å². The molecule has 4 nitrogen and oxygen atoms in total. The lowest BCUT2D eigenvalue weighted by Gasteiger charge is -2.02. The summed E-state index contributed by atoms with van der Waals surface area (Å²) < 4.78 is 14.5. The summed E-state index contributed by atoms with van der Waals surface area (Å²) >= 11 is 0. The molecule has 0 amide bonds. The predicted octanol–water partition coefficient (Wildman–Crippen LogP) is 2.92. The molecule has 3 N–H and O–H groups in total. The van der Waals surface area contributed by atoms with Gasteiger partial charge in [0.15, 0.2) is 0 Å². The van der Waals surface area contributed by atoms with Crippen LogP contribution >= 0.6 is 8.69 Å². The Balaban J connectivity index is 0.000000331. The zero-order valence-electron chi connectivity index (χ0n) is 10.9. The van der Waals surface area contributed by atoms with E-state index < -0.39 is 0 Å². The molecule has 0 aromatic carbocycles. The summed E-state index contributed by atoms with van der Waals surface area (Å²) in [7, 11) is -0.236. The number of aliphatic hydroxyl groups excluding tert-OH is 1. The fourth-order valence-electron chi connectivity index (χ4n) is 1.66. The maximum Gasteiger partial charge on any atom is 0.327 e. The van der Waals surface area contributed by atoms with Gasteiger partial charge >= 0.3 is 8.69 Å². The number of rotatable bonds is 4. The van der Waals surface area contributed by atoms with Crippen LogP contribution in [0.5, 0.6) is 0 Å². The molecule has 0 unspecified atom stereocenters. The van der Waals surface area contributed by atoms with Crippen molar-refractivity contribution in [3.8, 4) is 0 Å². The molecule has 2 aliphatic carbocycles. The van der Waals surface area contributed by atoms with E-state index in [2.05, 4.69) is 28.8 Å². The second-order valence-electron chi connectivity index (χ2n) is 4.02. The minimum absolute atomic E-state index is 0. The van der Waals surface area contributed by atoms with Gasteiger partial charge in [0, 0.05) is 0 Å². The third kappa shape index (κ3) is 8.62. The lowest BCUT2D eigenvalue weighted by molar-refractivity contribution is 0.334. The lowest BCUT2D eigenvalue weighted by Crippen LogP contribution is -1.90. The molecule has 5 heteroatoms. The molecule has 0 saturated carbocycles. The van der Waals surface area contributed by atoms with E-state index >= 15 is 0 Å². The van der Waals surface area contributed by atoms with Crippen LogP contribution < -0.4 is 0 Å². The van der Waals surface area contributed by atoms with Gasteiger partial charge in [-0.2, -0.15) is 0 Å². The first-order valence-corrected chi connectivity index (χ1v) is 6.86. The first-order valence-electron chi connectivity index (χ1n) is 6.13. The van der Waals surface area contributed by atoms with Gasteiger partial charge in [-0.3, -0.25) is 4.52 Å². The highest BCUT2D eigenvalue weighted by Gasteiger charge is 1.96. The van der Waals surface area contributed by atoms with Crippen LogP contribution in [0, 0.1) is 0 Å². The molecule has 0 saturated heterocycles. The van der Waals surface area contributed by atoms with Crippen LogP contribution in [-0.2, 0) is 9.09 Å². The van der Waals surface area contributed by atoms with Crippen molar-refractivity contribution in [2.45, 2.75) is 25.7 Å². The van der Waals surface area contributed by atoms with Crippen molar-refractivity contribution < 1.29 is 19.7 Å². The van der Waals surface area contributed by atoms with Crippen molar-refractivity contribution in [2.75, 3.05) is 13.2 Å². The molecule has 0 atom stereocenters. The van der Waals surface area contributed by atoms with Crippen LogP contribution in [-0.4, -0.2) is 23.8 Å². The highest BCUT2D eigenvalue weighted by atomic mass is 31.1. The molecule has 0 aromatic rings. The lowest BCUT2D eigenvalue weighted by atomic mass is 10.1. The molecule has 0 bridgehead atoms. The highest BCUT2D eigenvalue weighted by Crippen LogP contribution is 2.11. The molecule has 0 fully saturated rings. The second-order valence-corrected chi connectivity index (χ2v) is 4.43. The smallest absolute Gasteiger partial charge is 0.327 e. The van der Waals surface area contributed by atoms with Crippen molar-refractivity contribution >= 4 is 8.69 Å². The first-order chi connectivity index (χ1) is 8.86. The summed E-state index contributed by atoms with van der Waals surface area (Å²) in [5, 5.41) is 8.57. The van der Waals surface area contributed by atoms with Crippen LogP contribution in [0.4, 0.5) is 0 Å². The fourth-order valence-corrected chi connectivity index (χ4v) is 1.86. The molecule has 2 aliphatic rings. The standard InChI is InChI=1S/C7H9O2P.C7H10O.H2O/c8-10-9-6-7-4-2-1-3-5-7;8-6-7-4-2-1-3-5-7;/h2,4-5H,1,3,6H2;2,4-5,8H,1,3,6H2;1H2. The Bertz CT molecular complexity index is 370. The topological polar surface area (TPSA) is 78.0 Å². The molecule has 2 rings (SSSR count). The van der Waals surface area contributed by atoms with Gasteiger partial charge in [-0.05, 0) is 36.8 Å². The Morgan fingerprint density at radius 2 is 1.63 bits per heavy atom. The first kappa shape index (κ1) is 17.9. The maximum atomic E-state index is 9.87. The minimum atomic E-state index is -0.236. The number of hydrogen-bond acceptors (Lipinski definition) is 3. The van der Waals surface area contributed by atoms with Gasteiger partial charge in [0.05, 0.1) is 13.2 Å². The summed E-state index contributed by atoms with van der Waals surface area (Å²) in [6, 6.07) is 0. The van der Waals surface area contributed by atoms with Gasteiger partial charge in [0.25, 0.3) is 0 Å². The van der Waals surface area contributed by atoms with E-state index in [9.17, 15) is 4.57 Å². The van der Waals surface area contributed by atoms with Gasteiger partial charge in [0.2, 0.25) is 0 Å². The fraction of sp³-hybridized carbons (Fsp3) is 0.429. The molecule has 0 radical (unpaired) electrons. The van der Waals surface area contributed by atoms with E-state index in [1.807, 2.05) is 12.2 Å². The molecule has 106 valence electrons. The zero-order valence-corrected chi connectivity index (χ0v) is 11.8. The van der Waals surface area contributed by atoms with E-state index in [1.165, 1.54) is 0 Å². The van der Waals surface area contributed by atoms with Gasteiger partial charge in [0.1, 0.15) is 0 Å². The summed E-state index contributed by atoms with van der Waals surface area (Å²) in [6.07, 6.45) is 16.7. The van der Waals surface area contributed by atoms with Crippen molar-refractivity contribution in [3.05, 3.63) is 47.6 Å². The summed E-state index contributed by atoms with van der Waals surface area (Å²) in [5.41, 5.74) is 2.17. The average Bonchev–Trinajstić information content (AvgIpc) is 2.48. The minimum Gasteiger partial charge on any atom is -0.412 e. The summed E-state index contributed by atoms with van der Waals surface area (Å²) in [5.74, 6) is 0. The molecule has 0 spiro atoms.